The summed E-state index contributed by atoms with van der Waals surface area (Å²) in [7, 11) is 1.64. The second-order valence-electron chi connectivity index (χ2n) is 4.33. The van der Waals surface area contributed by atoms with Crippen molar-refractivity contribution in [1.29, 1.82) is 0 Å². The fourth-order valence-electron chi connectivity index (χ4n) is 1.93. The number of hydrogen-bond acceptors (Lipinski definition) is 4. The van der Waals surface area contributed by atoms with Gasteiger partial charge in [0, 0.05) is 19.8 Å². The molecule has 0 saturated carbocycles. The molecule has 1 amide bonds. The van der Waals surface area contributed by atoms with Crippen LogP contribution in [0.3, 0.4) is 0 Å². The van der Waals surface area contributed by atoms with Crippen LogP contribution in [-0.4, -0.2) is 35.8 Å². The lowest BCUT2D eigenvalue weighted by atomic mass is 10.1. The normalized spacial score (nSPS) is 22.4. The van der Waals surface area contributed by atoms with Crippen molar-refractivity contribution in [1.82, 2.24) is 9.88 Å². The minimum atomic E-state index is -0.427. The summed E-state index contributed by atoms with van der Waals surface area (Å²) >= 11 is 0. The Kier molecular flexibility index (Phi) is 5.53. The summed E-state index contributed by atoms with van der Waals surface area (Å²) in [6, 6.07) is 2.88. The largest absolute Gasteiger partial charge is 0.375 e. The smallest absolute Gasteiger partial charge is 0.274 e. The highest BCUT2D eigenvalue weighted by Gasteiger charge is 2.28. The van der Waals surface area contributed by atoms with Crippen LogP contribution in [0.4, 0.5) is 5.69 Å². The topological polar surface area (TPSA) is 72.4 Å². The number of rotatable bonds is 2. The number of amides is 1. The lowest BCUT2D eigenvalue weighted by Crippen LogP contribution is -2.53. The van der Waals surface area contributed by atoms with E-state index in [9.17, 15) is 9.59 Å². The van der Waals surface area contributed by atoms with Crippen LogP contribution in [0.5, 0.6) is 0 Å². The highest BCUT2D eigenvalue weighted by molar-refractivity contribution is 5.95. The van der Waals surface area contributed by atoms with E-state index < -0.39 is 6.04 Å². The zero-order valence-electron chi connectivity index (χ0n) is 10.9. The number of anilines is 1. The van der Waals surface area contributed by atoms with E-state index in [1.165, 1.54) is 4.57 Å². The molecule has 0 unspecified atom stereocenters. The Labute approximate surface area is 117 Å². The maximum Gasteiger partial charge on any atom is 0.274 e. The van der Waals surface area contributed by atoms with Gasteiger partial charge in [0.1, 0.15) is 11.7 Å². The Morgan fingerprint density at radius 3 is 3.00 bits per heavy atom. The van der Waals surface area contributed by atoms with Crippen molar-refractivity contribution in [3.05, 3.63) is 28.7 Å². The monoisotopic (exact) mass is 287 g/mol. The van der Waals surface area contributed by atoms with Crippen LogP contribution in [0.2, 0.25) is 0 Å². The quantitative estimate of drug-likeness (QED) is 0.811. The standard InChI is InChI=1S/C12H17N3O3.ClH/c1-8-10(13-5-7-18-8)11(16)14-9-4-3-6-15(2)12(9)17;/h3-4,6,8,10,13H,5,7H2,1-2H3,(H,14,16);1H/t8-,10+;/m1./s1. The Hall–Kier alpha value is -1.37. The van der Waals surface area contributed by atoms with Gasteiger partial charge in [0.15, 0.2) is 0 Å². The molecule has 0 aliphatic carbocycles. The van der Waals surface area contributed by atoms with Gasteiger partial charge in [-0.3, -0.25) is 9.59 Å². The molecule has 1 saturated heterocycles. The first-order valence-corrected chi connectivity index (χ1v) is 5.91. The summed E-state index contributed by atoms with van der Waals surface area (Å²) in [5, 5.41) is 5.71. The van der Waals surface area contributed by atoms with Crippen molar-refractivity contribution in [2.45, 2.75) is 19.1 Å². The van der Waals surface area contributed by atoms with Gasteiger partial charge in [-0.1, -0.05) is 0 Å². The zero-order valence-corrected chi connectivity index (χ0v) is 11.7. The van der Waals surface area contributed by atoms with Crippen LogP contribution in [0.25, 0.3) is 0 Å². The van der Waals surface area contributed by atoms with Crippen LogP contribution >= 0.6 is 12.4 Å². The highest BCUT2D eigenvalue weighted by atomic mass is 35.5. The molecule has 0 bridgehead atoms. The number of nitrogens with one attached hydrogen (secondary N) is 2. The summed E-state index contributed by atoms with van der Waals surface area (Å²) in [6.07, 6.45) is 1.44. The van der Waals surface area contributed by atoms with Crippen molar-refractivity contribution in [3.63, 3.8) is 0 Å². The average Bonchev–Trinajstić information content (AvgIpc) is 2.35. The fourth-order valence-corrected chi connectivity index (χ4v) is 1.93. The second-order valence-corrected chi connectivity index (χ2v) is 4.33. The number of aryl methyl sites for hydroxylation is 1. The molecule has 1 fully saturated rings. The third-order valence-corrected chi connectivity index (χ3v) is 2.98. The first kappa shape index (κ1) is 15.7. The number of carbonyl (C=O) groups excluding carboxylic acids is 1. The van der Waals surface area contributed by atoms with Gasteiger partial charge in [0.2, 0.25) is 5.91 Å². The molecule has 2 N–H and O–H groups in total. The molecule has 1 aliphatic rings. The van der Waals surface area contributed by atoms with E-state index in [1.807, 2.05) is 6.92 Å². The minimum Gasteiger partial charge on any atom is -0.375 e. The van der Waals surface area contributed by atoms with E-state index >= 15 is 0 Å². The molecule has 0 spiro atoms. The van der Waals surface area contributed by atoms with Crippen molar-refractivity contribution in [2.24, 2.45) is 7.05 Å². The predicted molar refractivity (Wildman–Crippen MR) is 74.8 cm³/mol. The summed E-state index contributed by atoms with van der Waals surface area (Å²) in [5.41, 5.74) is 0.0554. The molecule has 2 heterocycles. The van der Waals surface area contributed by atoms with Crippen LogP contribution < -0.4 is 16.2 Å². The van der Waals surface area contributed by atoms with Gasteiger partial charge in [0.25, 0.3) is 5.56 Å². The molecule has 7 heteroatoms. The maximum atomic E-state index is 12.0. The molecule has 1 aromatic heterocycles. The van der Waals surface area contributed by atoms with Crippen molar-refractivity contribution in [2.75, 3.05) is 18.5 Å². The van der Waals surface area contributed by atoms with Crippen LogP contribution in [0.1, 0.15) is 6.92 Å². The van der Waals surface area contributed by atoms with E-state index in [1.54, 1.807) is 25.4 Å². The molecule has 106 valence electrons. The number of carbonyl (C=O) groups is 1. The zero-order chi connectivity index (χ0) is 13.1. The van der Waals surface area contributed by atoms with Gasteiger partial charge >= 0.3 is 0 Å². The third kappa shape index (κ3) is 3.56. The number of morpholine rings is 1. The molecule has 0 aromatic carbocycles. The number of aromatic nitrogens is 1. The molecular weight excluding hydrogens is 270 g/mol. The number of hydrogen-bond donors (Lipinski definition) is 2. The van der Waals surface area contributed by atoms with Crippen LogP contribution in [-0.2, 0) is 16.6 Å². The molecule has 19 heavy (non-hydrogen) atoms. The van der Waals surface area contributed by atoms with Gasteiger partial charge in [-0.2, -0.15) is 0 Å². The first-order valence-electron chi connectivity index (χ1n) is 5.91. The number of halogens is 1. The molecule has 0 radical (unpaired) electrons. The lowest BCUT2D eigenvalue weighted by Gasteiger charge is -2.29. The molecule has 1 aromatic rings. The maximum absolute atomic E-state index is 12.0. The Balaban J connectivity index is 0.00000180. The summed E-state index contributed by atoms with van der Waals surface area (Å²) < 4.78 is 6.82. The number of nitrogens with zero attached hydrogens (tertiary/aromatic N) is 1. The van der Waals surface area contributed by atoms with Crippen molar-refractivity contribution in [3.8, 4) is 0 Å². The Morgan fingerprint density at radius 1 is 1.58 bits per heavy atom. The van der Waals surface area contributed by atoms with Crippen molar-refractivity contribution >= 4 is 24.0 Å². The molecule has 6 nitrogen and oxygen atoms in total. The summed E-state index contributed by atoms with van der Waals surface area (Å²) in [5.74, 6) is -0.245. The van der Waals surface area contributed by atoms with Gasteiger partial charge in [-0.15, -0.1) is 12.4 Å². The number of ether oxygens (including phenoxy) is 1. The van der Waals surface area contributed by atoms with Gasteiger partial charge in [-0.05, 0) is 19.1 Å². The minimum absolute atomic E-state index is 0. The fraction of sp³-hybridized carbons (Fsp3) is 0.500. The van der Waals surface area contributed by atoms with E-state index in [2.05, 4.69) is 10.6 Å². The first-order chi connectivity index (χ1) is 8.59. The lowest BCUT2D eigenvalue weighted by molar-refractivity contribution is -0.123. The second kappa shape index (κ2) is 6.70. The Morgan fingerprint density at radius 2 is 2.32 bits per heavy atom. The van der Waals surface area contributed by atoms with Crippen molar-refractivity contribution < 1.29 is 9.53 Å². The van der Waals surface area contributed by atoms with Gasteiger partial charge in [0.05, 0.1) is 12.7 Å². The molecule has 2 rings (SSSR count). The van der Waals surface area contributed by atoms with E-state index in [0.717, 1.165) is 0 Å². The van der Waals surface area contributed by atoms with Gasteiger partial charge < -0.3 is 19.9 Å². The third-order valence-electron chi connectivity index (χ3n) is 2.98. The average molecular weight is 288 g/mol. The van der Waals surface area contributed by atoms with Gasteiger partial charge in [-0.25, -0.2) is 0 Å². The van der Waals surface area contributed by atoms with E-state index in [0.29, 0.717) is 13.2 Å². The predicted octanol–water partition coefficient (Wildman–Crippen LogP) is 0.122. The summed E-state index contributed by atoms with van der Waals surface area (Å²) in [6.45, 7) is 3.06. The molecule has 1 aliphatic heterocycles. The van der Waals surface area contributed by atoms with E-state index in [-0.39, 0.29) is 35.7 Å². The molecule has 2 atom stereocenters. The van der Waals surface area contributed by atoms with E-state index in [4.69, 9.17) is 4.74 Å². The van der Waals surface area contributed by atoms with Crippen LogP contribution in [0.15, 0.2) is 23.1 Å². The Bertz CT molecular complexity index is 503. The SMILES string of the molecule is C[C@H]1OCCN[C@@H]1C(=O)Nc1cccn(C)c1=O.Cl. The number of pyridine rings is 1. The molecular formula is C12H18ClN3O3. The van der Waals surface area contributed by atoms with Crippen LogP contribution in [0, 0.1) is 0 Å². The summed E-state index contributed by atoms with van der Waals surface area (Å²) in [4.78, 5) is 23.8. The highest BCUT2D eigenvalue weighted by Crippen LogP contribution is 2.07.